The number of rotatable bonds is 2. The third-order valence-electron chi connectivity index (χ3n) is 9.18. The van der Waals surface area contributed by atoms with Crippen molar-refractivity contribution in [2.24, 2.45) is 11.8 Å². The Hall–Kier alpha value is -4.32. The van der Waals surface area contributed by atoms with Gasteiger partial charge in [0.2, 0.25) is 0 Å². The number of carbonyl (C=O) groups is 2. The average Bonchev–Trinajstić information content (AvgIpc) is 3.04. The Bertz CT molecular complexity index is 1740. The standard InChI is InChI=1S/C31H37NO3.C8H6N2/c1-19(2)21-10-12-23-22(18-21)11-13-26-24-8-6-7-9-25(24)27(29(33)28(23)26)20-14-16-32(17-15-20)30(34)35-31(3,4)5;1-2-7-6-9-5-3-8(7)10-4-1/h6,8,10-13,18-20,27H,7,9,14-17H2,1-5H3;1-6H. The number of pyridine rings is 2. The molecule has 2 aromatic carbocycles. The number of nitrogens with zero attached hydrogens (tertiary/aromatic N) is 3. The molecule has 1 aliphatic heterocycles. The molecule has 1 unspecified atom stereocenters. The van der Waals surface area contributed by atoms with E-state index in [1.165, 1.54) is 16.7 Å². The van der Waals surface area contributed by atoms with Gasteiger partial charge in [-0.3, -0.25) is 14.8 Å². The molecule has 0 N–H and O–H groups in total. The molecule has 1 amide bonds. The highest BCUT2D eigenvalue weighted by Gasteiger charge is 2.41. The van der Waals surface area contributed by atoms with Gasteiger partial charge in [0.25, 0.3) is 0 Å². The Morgan fingerprint density at radius 3 is 2.53 bits per heavy atom. The van der Waals surface area contributed by atoms with E-state index in [0.29, 0.717) is 19.0 Å². The van der Waals surface area contributed by atoms with Crippen LogP contribution >= 0.6 is 0 Å². The third kappa shape index (κ3) is 6.42. The molecule has 0 saturated carbocycles. The molecule has 6 nitrogen and oxygen atoms in total. The van der Waals surface area contributed by atoms with E-state index in [-0.39, 0.29) is 23.7 Å². The predicted molar refractivity (Wildman–Crippen MR) is 181 cm³/mol. The summed E-state index contributed by atoms with van der Waals surface area (Å²) in [5, 5.41) is 3.30. The van der Waals surface area contributed by atoms with Crippen molar-refractivity contribution >= 4 is 39.1 Å². The quantitative estimate of drug-likeness (QED) is 0.229. The summed E-state index contributed by atoms with van der Waals surface area (Å²) in [4.78, 5) is 36.8. The zero-order valence-electron chi connectivity index (χ0n) is 27.0. The number of ether oxygens (including phenoxy) is 1. The molecular weight excluding hydrogens is 558 g/mol. The number of hydrogen-bond acceptors (Lipinski definition) is 5. The van der Waals surface area contributed by atoms with Crippen LogP contribution in [-0.2, 0) is 4.74 Å². The molecule has 1 saturated heterocycles. The van der Waals surface area contributed by atoms with Crippen molar-refractivity contribution in [1.82, 2.24) is 14.9 Å². The Morgan fingerprint density at radius 1 is 1.00 bits per heavy atom. The number of piperidine rings is 1. The van der Waals surface area contributed by atoms with Crippen molar-refractivity contribution in [3.8, 4) is 0 Å². The van der Waals surface area contributed by atoms with Gasteiger partial charge < -0.3 is 9.64 Å². The molecule has 6 heteroatoms. The van der Waals surface area contributed by atoms with E-state index in [4.69, 9.17) is 4.74 Å². The monoisotopic (exact) mass is 601 g/mol. The molecule has 2 aliphatic carbocycles. The van der Waals surface area contributed by atoms with E-state index < -0.39 is 5.60 Å². The fraction of sp³-hybridized carbons (Fsp3) is 0.385. The fourth-order valence-corrected chi connectivity index (χ4v) is 6.93. The highest BCUT2D eigenvalue weighted by atomic mass is 16.6. The number of fused-ring (bicyclic) bond motifs is 5. The first-order valence-corrected chi connectivity index (χ1v) is 16.2. The van der Waals surface area contributed by atoms with Gasteiger partial charge in [0.05, 0.1) is 5.52 Å². The van der Waals surface area contributed by atoms with Gasteiger partial charge in [-0.05, 0) is 104 Å². The van der Waals surface area contributed by atoms with E-state index in [2.05, 4.69) is 66.3 Å². The SMILES string of the molecule is CC(C)c1ccc2c3c(ccc2c1)C1=C(CCC=C1)C(C1CCN(C(=O)OC(C)(C)C)CC1)C3=O.c1cnc2ccncc2c1. The molecule has 3 aliphatic rings. The summed E-state index contributed by atoms with van der Waals surface area (Å²) in [5.41, 5.74) is 6.33. The van der Waals surface area contributed by atoms with Crippen molar-refractivity contribution in [3.05, 3.63) is 102 Å². The zero-order valence-corrected chi connectivity index (χ0v) is 27.0. The van der Waals surface area contributed by atoms with Crippen LogP contribution in [0.15, 0.2) is 84.8 Å². The lowest BCUT2D eigenvalue weighted by atomic mass is 9.66. The van der Waals surface area contributed by atoms with E-state index in [1.807, 2.05) is 50.1 Å². The van der Waals surface area contributed by atoms with Crippen LogP contribution in [0.1, 0.15) is 87.7 Å². The summed E-state index contributed by atoms with van der Waals surface area (Å²) in [6.45, 7) is 11.4. The van der Waals surface area contributed by atoms with Crippen molar-refractivity contribution in [3.63, 3.8) is 0 Å². The maximum Gasteiger partial charge on any atom is 0.410 e. The van der Waals surface area contributed by atoms with Crippen LogP contribution in [0.2, 0.25) is 0 Å². The Kier molecular flexibility index (Phi) is 8.59. The molecule has 4 aromatic rings. The van der Waals surface area contributed by atoms with Crippen LogP contribution in [0.25, 0.3) is 27.2 Å². The minimum absolute atomic E-state index is 0.0985. The second-order valence-electron chi connectivity index (χ2n) is 13.7. The molecule has 0 spiro atoms. The number of allylic oxidation sites excluding steroid dienone is 4. The van der Waals surface area contributed by atoms with E-state index >= 15 is 0 Å². The molecular formula is C39H43N3O3. The first-order chi connectivity index (χ1) is 21.6. The van der Waals surface area contributed by atoms with Gasteiger partial charge in [0.15, 0.2) is 5.78 Å². The highest BCUT2D eigenvalue weighted by Crippen LogP contribution is 2.47. The minimum atomic E-state index is -0.498. The topological polar surface area (TPSA) is 72.4 Å². The van der Waals surface area contributed by atoms with Gasteiger partial charge in [0, 0.05) is 48.5 Å². The van der Waals surface area contributed by atoms with Crippen LogP contribution < -0.4 is 0 Å². The second-order valence-corrected chi connectivity index (χ2v) is 13.7. The molecule has 0 bridgehead atoms. The Balaban J connectivity index is 0.000000301. The van der Waals surface area contributed by atoms with Gasteiger partial charge in [0.1, 0.15) is 5.60 Å². The maximum atomic E-state index is 14.2. The molecule has 2 aromatic heterocycles. The summed E-state index contributed by atoms with van der Waals surface area (Å²) >= 11 is 0. The van der Waals surface area contributed by atoms with Crippen LogP contribution in [0, 0.1) is 11.8 Å². The van der Waals surface area contributed by atoms with Crippen LogP contribution in [-0.4, -0.2) is 45.4 Å². The number of ketones is 1. The molecule has 7 rings (SSSR count). The molecule has 1 atom stereocenters. The van der Waals surface area contributed by atoms with Crippen molar-refractivity contribution < 1.29 is 14.3 Å². The number of amides is 1. The van der Waals surface area contributed by atoms with E-state index in [0.717, 1.165) is 58.5 Å². The highest BCUT2D eigenvalue weighted by molar-refractivity contribution is 6.17. The number of benzene rings is 2. The van der Waals surface area contributed by atoms with E-state index in [1.54, 1.807) is 12.4 Å². The van der Waals surface area contributed by atoms with Gasteiger partial charge in [-0.25, -0.2) is 4.79 Å². The lowest BCUT2D eigenvalue weighted by Gasteiger charge is -2.40. The van der Waals surface area contributed by atoms with Crippen molar-refractivity contribution in [1.29, 1.82) is 0 Å². The van der Waals surface area contributed by atoms with Crippen molar-refractivity contribution in [2.45, 2.75) is 71.8 Å². The van der Waals surface area contributed by atoms with Gasteiger partial charge >= 0.3 is 6.09 Å². The fourth-order valence-electron chi connectivity index (χ4n) is 6.93. The van der Waals surface area contributed by atoms with Gasteiger partial charge in [-0.2, -0.15) is 0 Å². The van der Waals surface area contributed by atoms with Gasteiger partial charge in [-0.15, -0.1) is 0 Å². The number of carbonyl (C=O) groups excluding carboxylic acids is 2. The Morgan fingerprint density at radius 2 is 1.80 bits per heavy atom. The Labute approximate surface area is 266 Å². The third-order valence-corrected chi connectivity index (χ3v) is 9.18. The molecule has 3 heterocycles. The molecule has 0 radical (unpaired) electrons. The second kappa shape index (κ2) is 12.6. The number of Topliss-reactive ketones (excluding diaryl/α,β-unsaturated/α-hetero) is 1. The molecule has 232 valence electrons. The average molecular weight is 602 g/mol. The predicted octanol–water partition coefficient (Wildman–Crippen LogP) is 9.16. The smallest absolute Gasteiger partial charge is 0.410 e. The lowest BCUT2D eigenvalue weighted by Crippen LogP contribution is -2.44. The minimum Gasteiger partial charge on any atom is -0.444 e. The van der Waals surface area contributed by atoms with Crippen LogP contribution in [0.4, 0.5) is 4.79 Å². The van der Waals surface area contributed by atoms with Gasteiger partial charge in [-0.1, -0.05) is 61.9 Å². The number of aromatic nitrogens is 2. The summed E-state index contributed by atoms with van der Waals surface area (Å²) in [6.07, 6.45) is 13.1. The lowest BCUT2D eigenvalue weighted by molar-refractivity contribution is 0.0169. The number of likely N-dealkylation sites (tertiary alicyclic amines) is 1. The molecule has 45 heavy (non-hydrogen) atoms. The van der Waals surface area contributed by atoms with E-state index in [9.17, 15) is 9.59 Å². The summed E-state index contributed by atoms with van der Waals surface area (Å²) in [7, 11) is 0. The maximum absolute atomic E-state index is 14.2. The zero-order chi connectivity index (χ0) is 31.7. The summed E-state index contributed by atoms with van der Waals surface area (Å²) < 4.78 is 5.59. The summed E-state index contributed by atoms with van der Waals surface area (Å²) in [6, 6.07) is 16.7. The normalized spacial score (nSPS) is 18.5. The number of hydrogen-bond donors (Lipinski definition) is 0. The summed E-state index contributed by atoms with van der Waals surface area (Å²) in [5.74, 6) is 0.868. The van der Waals surface area contributed by atoms with Crippen LogP contribution in [0.3, 0.4) is 0 Å². The first-order valence-electron chi connectivity index (χ1n) is 16.2. The van der Waals surface area contributed by atoms with Crippen LogP contribution in [0.5, 0.6) is 0 Å². The molecule has 1 fully saturated rings. The van der Waals surface area contributed by atoms with Crippen molar-refractivity contribution in [2.75, 3.05) is 13.1 Å². The first kappa shape index (κ1) is 30.7. The largest absolute Gasteiger partial charge is 0.444 e.